The van der Waals surface area contributed by atoms with E-state index >= 15 is 0 Å². The van der Waals surface area contributed by atoms with Crippen LogP contribution in [-0.4, -0.2) is 29.4 Å². The lowest BCUT2D eigenvalue weighted by molar-refractivity contribution is 0.0599. The van der Waals surface area contributed by atoms with E-state index in [1.165, 1.54) is 7.11 Å². The molecule has 0 aromatic carbocycles. The van der Waals surface area contributed by atoms with Gasteiger partial charge in [0.25, 0.3) is 0 Å². The number of aromatic nitrogens is 2. The van der Waals surface area contributed by atoms with Crippen LogP contribution in [0.5, 0.6) is 0 Å². The van der Waals surface area contributed by atoms with E-state index in [2.05, 4.69) is 18.9 Å². The molecule has 1 aliphatic carbocycles. The van der Waals surface area contributed by atoms with Crippen LogP contribution >= 0.6 is 0 Å². The first-order valence-electron chi connectivity index (χ1n) is 5.75. The third-order valence-corrected chi connectivity index (χ3v) is 3.99. The Morgan fingerprint density at radius 3 is 2.76 bits per heavy atom. The summed E-state index contributed by atoms with van der Waals surface area (Å²) in [5.41, 5.74) is 7.40. The Bertz CT molecular complexity index is 451. The Balaban J connectivity index is 2.40. The summed E-state index contributed by atoms with van der Waals surface area (Å²) in [5.74, 6) is 0.363. The van der Waals surface area contributed by atoms with E-state index in [0.717, 1.165) is 5.69 Å². The van der Waals surface area contributed by atoms with Crippen molar-refractivity contribution in [1.29, 1.82) is 0 Å². The van der Waals surface area contributed by atoms with Gasteiger partial charge in [-0.15, -0.1) is 0 Å². The van der Waals surface area contributed by atoms with E-state index in [1.54, 1.807) is 10.9 Å². The molecule has 0 aliphatic heterocycles. The number of methoxy groups -OCH3 is 1. The van der Waals surface area contributed by atoms with Gasteiger partial charge in [0.05, 0.1) is 19.0 Å². The van der Waals surface area contributed by atoms with Crippen LogP contribution in [0.15, 0.2) is 6.20 Å². The molecule has 1 fully saturated rings. The van der Waals surface area contributed by atoms with Crippen molar-refractivity contribution < 1.29 is 9.53 Å². The maximum absolute atomic E-state index is 11.7. The fraction of sp³-hybridized carbons (Fsp3) is 0.667. The zero-order valence-corrected chi connectivity index (χ0v) is 10.7. The van der Waals surface area contributed by atoms with Gasteiger partial charge in [-0.1, -0.05) is 13.8 Å². The van der Waals surface area contributed by atoms with Gasteiger partial charge in [0, 0.05) is 13.0 Å². The van der Waals surface area contributed by atoms with Gasteiger partial charge in [-0.3, -0.25) is 4.68 Å². The van der Waals surface area contributed by atoms with Crippen LogP contribution in [0, 0.1) is 11.3 Å². The normalized spacial score (nSPS) is 25.7. The zero-order valence-electron chi connectivity index (χ0n) is 10.7. The highest BCUT2D eigenvalue weighted by Gasteiger charge is 2.59. The molecule has 0 radical (unpaired) electrons. The maximum atomic E-state index is 11.7. The number of nitrogens with zero attached hydrogens (tertiary/aromatic N) is 2. The second-order valence-corrected chi connectivity index (χ2v) is 5.20. The average Bonchev–Trinajstić information content (AvgIpc) is 2.63. The summed E-state index contributed by atoms with van der Waals surface area (Å²) >= 11 is 0. The minimum absolute atomic E-state index is 0.130. The molecule has 94 valence electrons. The number of carbonyl (C=O) groups excluding carboxylic acids is 1. The number of nitrogens with two attached hydrogens (primary N) is 1. The van der Waals surface area contributed by atoms with Crippen molar-refractivity contribution >= 4 is 5.97 Å². The smallest absolute Gasteiger partial charge is 0.341 e. The fourth-order valence-electron chi connectivity index (χ4n) is 2.81. The van der Waals surface area contributed by atoms with Crippen LogP contribution in [-0.2, 0) is 11.8 Å². The lowest BCUT2D eigenvalue weighted by Crippen LogP contribution is -2.09. The van der Waals surface area contributed by atoms with Crippen molar-refractivity contribution in [2.24, 2.45) is 24.1 Å². The molecular weight excluding hydrogens is 218 g/mol. The van der Waals surface area contributed by atoms with Crippen LogP contribution in [0.2, 0.25) is 0 Å². The summed E-state index contributed by atoms with van der Waals surface area (Å²) in [6.07, 6.45) is 1.57. The largest absolute Gasteiger partial charge is 0.465 e. The third-order valence-electron chi connectivity index (χ3n) is 3.99. The van der Waals surface area contributed by atoms with Gasteiger partial charge in [0.15, 0.2) is 0 Å². The van der Waals surface area contributed by atoms with E-state index < -0.39 is 0 Å². The molecule has 2 N–H and O–H groups in total. The van der Waals surface area contributed by atoms with Crippen LogP contribution in [0.3, 0.4) is 0 Å². The molecule has 1 saturated carbocycles. The highest BCUT2D eigenvalue weighted by molar-refractivity contribution is 5.90. The number of aryl methyl sites for hydroxylation is 1. The van der Waals surface area contributed by atoms with Crippen molar-refractivity contribution in [3.8, 4) is 0 Å². The summed E-state index contributed by atoms with van der Waals surface area (Å²) in [4.78, 5) is 11.7. The van der Waals surface area contributed by atoms with Crippen LogP contribution < -0.4 is 5.73 Å². The monoisotopic (exact) mass is 237 g/mol. The average molecular weight is 237 g/mol. The molecule has 2 unspecified atom stereocenters. The Morgan fingerprint density at radius 1 is 1.65 bits per heavy atom. The van der Waals surface area contributed by atoms with E-state index in [9.17, 15) is 4.79 Å². The second kappa shape index (κ2) is 3.84. The fourth-order valence-corrected chi connectivity index (χ4v) is 2.81. The van der Waals surface area contributed by atoms with Gasteiger partial charge in [0.1, 0.15) is 5.56 Å². The van der Waals surface area contributed by atoms with Crippen molar-refractivity contribution in [2.45, 2.75) is 19.8 Å². The first-order valence-corrected chi connectivity index (χ1v) is 5.75. The summed E-state index contributed by atoms with van der Waals surface area (Å²) in [6, 6.07) is 0. The van der Waals surface area contributed by atoms with Gasteiger partial charge in [-0.05, 0) is 17.9 Å². The van der Waals surface area contributed by atoms with E-state index in [4.69, 9.17) is 10.5 Å². The van der Waals surface area contributed by atoms with E-state index in [0.29, 0.717) is 18.0 Å². The lowest BCUT2D eigenvalue weighted by Gasteiger charge is -2.06. The van der Waals surface area contributed by atoms with Crippen molar-refractivity contribution in [1.82, 2.24) is 9.78 Å². The number of rotatable bonds is 3. The van der Waals surface area contributed by atoms with Crippen molar-refractivity contribution in [2.75, 3.05) is 13.7 Å². The Labute approximate surface area is 101 Å². The van der Waals surface area contributed by atoms with Gasteiger partial charge in [-0.25, -0.2) is 4.79 Å². The summed E-state index contributed by atoms with van der Waals surface area (Å²) < 4.78 is 6.54. The zero-order chi connectivity index (χ0) is 12.8. The summed E-state index contributed by atoms with van der Waals surface area (Å²) in [7, 11) is 3.24. The molecule has 2 atom stereocenters. The van der Waals surface area contributed by atoms with Gasteiger partial charge >= 0.3 is 5.97 Å². The lowest BCUT2D eigenvalue weighted by atomic mass is 10.0. The molecule has 1 aromatic rings. The molecule has 5 nitrogen and oxygen atoms in total. The SMILES string of the molecule is COC(=O)c1cnn(C)c1C1C(CN)C1(C)C. The van der Waals surface area contributed by atoms with Crippen molar-refractivity contribution in [3.05, 3.63) is 17.5 Å². The third kappa shape index (κ3) is 1.65. The first-order chi connectivity index (χ1) is 7.95. The maximum Gasteiger partial charge on any atom is 0.341 e. The molecule has 5 heteroatoms. The van der Waals surface area contributed by atoms with Gasteiger partial charge < -0.3 is 10.5 Å². The minimum Gasteiger partial charge on any atom is -0.465 e. The van der Waals surface area contributed by atoms with Crippen molar-refractivity contribution in [3.63, 3.8) is 0 Å². The van der Waals surface area contributed by atoms with Crippen LogP contribution in [0.4, 0.5) is 0 Å². The molecule has 1 aromatic heterocycles. The molecular formula is C12H19N3O2. The number of carbonyl (C=O) groups is 1. The Kier molecular flexibility index (Phi) is 2.73. The highest BCUT2D eigenvalue weighted by atomic mass is 16.5. The molecule has 2 rings (SSSR count). The van der Waals surface area contributed by atoms with Crippen LogP contribution in [0.1, 0.15) is 35.8 Å². The second-order valence-electron chi connectivity index (χ2n) is 5.20. The van der Waals surface area contributed by atoms with E-state index in [-0.39, 0.29) is 17.3 Å². The number of hydrogen-bond donors (Lipinski definition) is 1. The Morgan fingerprint density at radius 2 is 2.29 bits per heavy atom. The highest BCUT2D eigenvalue weighted by Crippen LogP contribution is 2.64. The summed E-state index contributed by atoms with van der Waals surface area (Å²) in [6.45, 7) is 4.97. The quantitative estimate of drug-likeness (QED) is 0.793. The topological polar surface area (TPSA) is 70.1 Å². The molecule has 0 spiro atoms. The predicted molar refractivity (Wildman–Crippen MR) is 63.6 cm³/mol. The Hall–Kier alpha value is -1.36. The van der Waals surface area contributed by atoms with E-state index in [1.807, 2.05) is 7.05 Å². The standard InChI is InChI=1S/C12H19N3O2/c1-12(2)8(5-13)9(12)10-7(11(16)17-4)6-14-15(10)3/h6,8-9H,5,13H2,1-4H3. The first kappa shape index (κ1) is 12.1. The molecule has 0 bridgehead atoms. The molecule has 17 heavy (non-hydrogen) atoms. The number of esters is 1. The molecule has 1 aliphatic rings. The number of ether oxygens (including phenoxy) is 1. The predicted octanol–water partition coefficient (Wildman–Crippen LogP) is 0.905. The molecule has 0 saturated heterocycles. The minimum atomic E-state index is -0.327. The van der Waals surface area contributed by atoms with Gasteiger partial charge in [0.2, 0.25) is 0 Å². The summed E-state index contributed by atoms with van der Waals surface area (Å²) in [5, 5.41) is 4.16. The van der Waals surface area contributed by atoms with Gasteiger partial charge in [-0.2, -0.15) is 5.10 Å². The molecule has 1 heterocycles. The number of hydrogen-bond acceptors (Lipinski definition) is 4. The molecule has 0 amide bonds. The van der Waals surface area contributed by atoms with Crippen LogP contribution in [0.25, 0.3) is 0 Å².